The third-order valence-electron chi connectivity index (χ3n) is 4.47. The molecule has 1 spiro atoms. The van der Waals surface area contributed by atoms with Crippen molar-refractivity contribution in [2.24, 2.45) is 0 Å². The van der Waals surface area contributed by atoms with Gasteiger partial charge in [-0.05, 0) is 32.4 Å². The van der Waals surface area contributed by atoms with Gasteiger partial charge in [-0.2, -0.15) is 0 Å². The van der Waals surface area contributed by atoms with E-state index in [4.69, 9.17) is 0 Å². The van der Waals surface area contributed by atoms with E-state index >= 15 is 0 Å². The number of pyridine rings is 1. The summed E-state index contributed by atoms with van der Waals surface area (Å²) in [6, 6.07) is 5.53. The Hall–Kier alpha value is -1.95. The third-order valence-corrected chi connectivity index (χ3v) is 4.47. The van der Waals surface area contributed by atoms with Crippen molar-refractivity contribution in [3.8, 4) is 0 Å². The molecule has 3 amide bonds. The fraction of sp³-hybridized carbons (Fsp3) is 0.562. The molecule has 2 saturated heterocycles. The van der Waals surface area contributed by atoms with Crippen molar-refractivity contribution in [1.29, 1.82) is 0 Å². The van der Waals surface area contributed by atoms with E-state index in [2.05, 4.69) is 15.2 Å². The number of nitrogens with zero attached hydrogens (tertiary/aromatic N) is 3. The summed E-state index contributed by atoms with van der Waals surface area (Å²) in [5.41, 5.74) is 0.333. The lowest BCUT2D eigenvalue weighted by Crippen LogP contribution is -2.49. The van der Waals surface area contributed by atoms with Gasteiger partial charge in [0, 0.05) is 44.0 Å². The first-order valence-electron chi connectivity index (χ1n) is 7.80. The lowest BCUT2D eigenvalue weighted by molar-refractivity contribution is -0.132. The molecule has 2 aliphatic rings. The minimum Gasteiger partial charge on any atom is -0.322 e. The zero-order valence-electron chi connectivity index (χ0n) is 13.1. The largest absolute Gasteiger partial charge is 0.325 e. The molecule has 2 fully saturated rings. The molecule has 2 aliphatic heterocycles. The lowest BCUT2D eigenvalue weighted by Gasteiger charge is -2.23. The standard InChI is InChI=1S/C16H22N4O2/c1-12(2)20-14(21)16(18-15(20)22)7-10-19(11-16)9-6-13-5-3-4-8-17-13/h3-5,8,12H,6-7,9-11H2,1-2H3,(H,18,22)/t16-/m0/s1. The zero-order chi connectivity index (χ0) is 15.7. The van der Waals surface area contributed by atoms with Crippen molar-refractivity contribution >= 4 is 11.9 Å². The molecule has 0 saturated carbocycles. The maximum atomic E-state index is 12.6. The van der Waals surface area contributed by atoms with Crippen LogP contribution in [0.5, 0.6) is 0 Å². The fourth-order valence-electron chi connectivity index (χ4n) is 3.29. The van der Waals surface area contributed by atoms with Crippen molar-refractivity contribution in [1.82, 2.24) is 20.1 Å². The normalized spacial score (nSPS) is 25.5. The first kappa shape index (κ1) is 15.0. The molecule has 6 nitrogen and oxygen atoms in total. The van der Waals surface area contributed by atoms with Crippen molar-refractivity contribution in [2.45, 2.75) is 38.3 Å². The Morgan fingerprint density at radius 1 is 1.36 bits per heavy atom. The van der Waals surface area contributed by atoms with Gasteiger partial charge in [0.25, 0.3) is 5.91 Å². The number of imide groups is 1. The van der Waals surface area contributed by atoms with E-state index in [1.165, 1.54) is 4.90 Å². The molecule has 1 aromatic rings. The molecule has 22 heavy (non-hydrogen) atoms. The highest BCUT2D eigenvalue weighted by molar-refractivity contribution is 6.07. The van der Waals surface area contributed by atoms with E-state index in [1.807, 2.05) is 32.0 Å². The van der Waals surface area contributed by atoms with Crippen molar-refractivity contribution in [2.75, 3.05) is 19.6 Å². The molecule has 1 N–H and O–H groups in total. The minimum absolute atomic E-state index is 0.0761. The van der Waals surface area contributed by atoms with Crippen LogP contribution in [0, 0.1) is 0 Å². The number of carbonyl (C=O) groups excluding carboxylic acids is 2. The zero-order valence-corrected chi connectivity index (χ0v) is 13.1. The van der Waals surface area contributed by atoms with E-state index in [0.717, 1.165) is 25.2 Å². The smallest absolute Gasteiger partial charge is 0.322 e. The van der Waals surface area contributed by atoms with E-state index in [0.29, 0.717) is 13.0 Å². The van der Waals surface area contributed by atoms with Gasteiger partial charge in [-0.3, -0.25) is 19.6 Å². The van der Waals surface area contributed by atoms with Gasteiger partial charge in [0.05, 0.1) is 0 Å². The Kier molecular flexibility index (Phi) is 3.87. The summed E-state index contributed by atoms with van der Waals surface area (Å²) in [5, 5.41) is 2.92. The van der Waals surface area contributed by atoms with Crippen LogP contribution in [0.1, 0.15) is 26.0 Å². The van der Waals surface area contributed by atoms with E-state index in [-0.39, 0.29) is 18.0 Å². The molecule has 0 aromatic carbocycles. The number of amides is 3. The summed E-state index contributed by atoms with van der Waals surface area (Å²) in [7, 11) is 0. The van der Waals surface area contributed by atoms with Crippen LogP contribution in [0.3, 0.4) is 0 Å². The highest BCUT2D eigenvalue weighted by atomic mass is 16.2. The number of aromatic nitrogens is 1. The number of rotatable bonds is 4. The number of likely N-dealkylation sites (tertiary alicyclic amines) is 1. The predicted octanol–water partition coefficient (Wildman–Crippen LogP) is 1.03. The summed E-state index contributed by atoms with van der Waals surface area (Å²) < 4.78 is 0. The number of carbonyl (C=O) groups is 2. The number of hydrogen-bond donors (Lipinski definition) is 1. The first-order chi connectivity index (χ1) is 10.5. The molecule has 0 bridgehead atoms. The minimum atomic E-state index is -0.717. The molecule has 0 unspecified atom stereocenters. The SMILES string of the molecule is CC(C)N1C(=O)N[C@]2(CCN(CCc3ccccn3)C2)C1=O. The molecule has 0 aliphatic carbocycles. The van der Waals surface area contributed by atoms with Crippen LogP contribution in [0.15, 0.2) is 24.4 Å². The van der Waals surface area contributed by atoms with E-state index < -0.39 is 5.54 Å². The second kappa shape index (κ2) is 5.68. The summed E-state index contributed by atoms with van der Waals surface area (Å²) in [4.78, 5) is 32.5. The summed E-state index contributed by atoms with van der Waals surface area (Å²) in [5.74, 6) is -0.0761. The highest BCUT2D eigenvalue weighted by Crippen LogP contribution is 2.29. The number of urea groups is 1. The Morgan fingerprint density at radius 3 is 2.82 bits per heavy atom. The van der Waals surface area contributed by atoms with Crippen LogP contribution in [0.4, 0.5) is 4.79 Å². The van der Waals surface area contributed by atoms with Gasteiger partial charge in [0.2, 0.25) is 0 Å². The summed E-state index contributed by atoms with van der Waals surface area (Å²) in [6.45, 7) is 6.00. The van der Waals surface area contributed by atoms with Crippen LogP contribution >= 0.6 is 0 Å². The number of hydrogen-bond acceptors (Lipinski definition) is 4. The van der Waals surface area contributed by atoms with Crippen molar-refractivity contribution < 1.29 is 9.59 Å². The first-order valence-corrected chi connectivity index (χ1v) is 7.80. The summed E-state index contributed by atoms with van der Waals surface area (Å²) >= 11 is 0. The Labute approximate surface area is 130 Å². The maximum absolute atomic E-state index is 12.6. The molecule has 1 aromatic heterocycles. The molecular formula is C16H22N4O2. The van der Waals surface area contributed by atoms with Gasteiger partial charge >= 0.3 is 6.03 Å². The monoisotopic (exact) mass is 302 g/mol. The van der Waals surface area contributed by atoms with Crippen LogP contribution in [0.25, 0.3) is 0 Å². The molecular weight excluding hydrogens is 280 g/mol. The average Bonchev–Trinajstić information content (AvgIpc) is 3.00. The third kappa shape index (κ3) is 2.59. The van der Waals surface area contributed by atoms with Gasteiger partial charge in [0.15, 0.2) is 0 Å². The lowest BCUT2D eigenvalue weighted by atomic mass is 9.98. The van der Waals surface area contributed by atoms with Crippen LogP contribution in [0.2, 0.25) is 0 Å². The Morgan fingerprint density at radius 2 is 2.18 bits per heavy atom. The molecule has 3 rings (SSSR count). The molecule has 6 heteroatoms. The average molecular weight is 302 g/mol. The Bertz CT molecular complexity index is 575. The number of nitrogens with one attached hydrogen (secondary N) is 1. The second-order valence-corrected chi connectivity index (χ2v) is 6.38. The van der Waals surface area contributed by atoms with Gasteiger partial charge in [-0.15, -0.1) is 0 Å². The van der Waals surface area contributed by atoms with Crippen LogP contribution in [-0.2, 0) is 11.2 Å². The van der Waals surface area contributed by atoms with Crippen molar-refractivity contribution in [3.63, 3.8) is 0 Å². The molecule has 3 heterocycles. The van der Waals surface area contributed by atoms with Gasteiger partial charge in [-0.25, -0.2) is 4.79 Å². The highest BCUT2D eigenvalue weighted by Gasteiger charge is 2.54. The molecule has 118 valence electrons. The Balaban J connectivity index is 1.62. The fourth-order valence-corrected chi connectivity index (χ4v) is 3.29. The molecule has 0 radical (unpaired) electrons. The van der Waals surface area contributed by atoms with Crippen LogP contribution in [-0.4, -0.2) is 57.9 Å². The van der Waals surface area contributed by atoms with Gasteiger partial charge < -0.3 is 5.32 Å². The predicted molar refractivity (Wildman–Crippen MR) is 82.2 cm³/mol. The van der Waals surface area contributed by atoms with E-state index in [9.17, 15) is 9.59 Å². The molecule has 1 atom stereocenters. The maximum Gasteiger partial charge on any atom is 0.325 e. The van der Waals surface area contributed by atoms with E-state index in [1.54, 1.807) is 6.20 Å². The van der Waals surface area contributed by atoms with Crippen LogP contribution < -0.4 is 5.32 Å². The quantitative estimate of drug-likeness (QED) is 0.844. The van der Waals surface area contributed by atoms with Crippen molar-refractivity contribution in [3.05, 3.63) is 30.1 Å². The second-order valence-electron chi connectivity index (χ2n) is 6.38. The van der Waals surface area contributed by atoms with Gasteiger partial charge in [-0.1, -0.05) is 6.07 Å². The van der Waals surface area contributed by atoms with Gasteiger partial charge in [0.1, 0.15) is 5.54 Å². The topological polar surface area (TPSA) is 65.5 Å². The summed E-state index contributed by atoms with van der Waals surface area (Å²) in [6.07, 6.45) is 3.33.